The van der Waals surface area contributed by atoms with Crippen molar-refractivity contribution in [3.8, 4) is 11.5 Å². The molecule has 27 heavy (non-hydrogen) atoms. The van der Waals surface area contributed by atoms with Gasteiger partial charge in [-0.25, -0.2) is 0 Å². The quantitative estimate of drug-likeness (QED) is 0.618. The molecule has 1 heterocycles. The van der Waals surface area contributed by atoms with E-state index in [2.05, 4.69) is 10.3 Å². The molecule has 0 aliphatic rings. The minimum Gasteiger partial charge on any atom is -0.491 e. The van der Waals surface area contributed by atoms with Crippen molar-refractivity contribution in [2.24, 2.45) is 0 Å². The topological polar surface area (TPSA) is 60.5 Å². The van der Waals surface area contributed by atoms with Gasteiger partial charge in [0.2, 0.25) is 0 Å². The average molecular weight is 364 g/mol. The van der Waals surface area contributed by atoms with Gasteiger partial charge in [-0.2, -0.15) is 0 Å². The van der Waals surface area contributed by atoms with Crippen LogP contribution in [-0.4, -0.2) is 30.6 Å². The van der Waals surface area contributed by atoms with E-state index in [0.717, 1.165) is 28.0 Å². The number of ether oxygens (including phenoxy) is 2. The fourth-order valence-electron chi connectivity index (χ4n) is 2.83. The number of fused-ring (bicyclic) bond motifs is 1. The van der Waals surface area contributed by atoms with E-state index in [1.165, 1.54) is 5.56 Å². The third-order valence-corrected chi connectivity index (χ3v) is 4.19. The monoisotopic (exact) mass is 364 g/mol. The van der Waals surface area contributed by atoms with Gasteiger partial charge in [-0.3, -0.25) is 9.78 Å². The zero-order valence-electron chi connectivity index (χ0n) is 15.7. The molecule has 0 radical (unpaired) electrons. The van der Waals surface area contributed by atoms with Crippen molar-refractivity contribution in [2.45, 2.75) is 20.3 Å². The summed E-state index contributed by atoms with van der Waals surface area (Å²) in [7, 11) is 0. The Balaban J connectivity index is 1.38. The molecule has 5 heteroatoms. The highest BCUT2D eigenvalue weighted by molar-refractivity contribution is 5.84. The van der Waals surface area contributed by atoms with Gasteiger partial charge >= 0.3 is 0 Å². The number of nitrogens with one attached hydrogen (secondary N) is 1. The fraction of sp³-hybridized carbons (Fsp3) is 0.273. The number of aryl methyl sites for hydroxylation is 2. The molecule has 1 N–H and O–H groups in total. The highest BCUT2D eigenvalue weighted by Gasteiger charge is 2.06. The van der Waals surface area contributed by atoms with E-state index < -0.39 is 0 Å². The Morgan fingerprint density at radius 1 is 1.04 bits per heavy atom. The lowest BCUT2D eigenvalue weighted by Crippen LogP contribution is -2.30. The van der Waals surface area contributed by atoms with Crippen molar-refractivity contribution in [3.63, 3.8) is 0 Å². The predicted molar refractivity (Wildman–Crippen MR) is 106 cm³/mol. The Hall–Kier alpha value is -3.08. The molecule has 3 aromatic rings. The number of hydrogen-bond acceptors (Lipinski definition) is 4. The van der Waals surface area contributed by atoms with Gasteiger partial charge in [-0.1, -0.05) is 35.9 Å². The Kier molecular flexibility index (Phi) is 6.26. The number of aromatic nitrogens is 1. The second kappa shape index (κ2) is 9.03. The van der Waals surface area contributed by atoms with Crippen molar-refractivity contribution >= 4 is 16.8 Å². The van der Waals surface area contributed by atoms with Gasteiger partial charge in [0.1, 0.15) is 17.0 Å². The van der Waals surface area contributed by atoms with Crippen molar-refractivity contribution < 1.29 is 14.3 Å². The van der Waals surface area contributed by atoms with Gasteiger partial charge in [0.15, 0.2) is 6.61 Å². The van der Waals surface area contributed by atoms with Crippen LogP contribution in [0.1, 0.15) is 17.5 Å². The maximum atomic E-state index is 11.9. The molecule has 0 bridgehead atoms. The highest BCUT2D eigenvalue weighted by Crippen LogP contribution is 2.23. The van der Waals surface area contributed by atoms with E-state index >= 15 is 0 Å². The van der Waals surface area contributed by atoms with Crippen LogP contribution in [-0.2, 0) is 4.79 Å². The molecule has 0 saturated carbocycles. The Bertz CT molecular complexity index is 919. The summed E-state index contributed by atoms with van der Waals surface area (Å²) in [6.07, 6.45) is 2.46. The van der Waals surface area contributed by atoms with Crippen LogP contribution in [0.4, 0.5) is 0 Å². The lowest BCUT2D eigenvalue weighted by molar-refractivity contribution is -0.123. The number of para-hydroxylation sites is 1. The third kappa shape index (κ3) is 5.20. The molecule has 1 amide bonds. The highest BCUT2D eigenvalue weighted by atomic mass is 16.5. The van der Waals surface area contributed by atoms with Gasteiger partial charge in [-0.05, 0) is 44.0 Å². The van der Waals surface area contributed by atoms with E-state index in [-0.39, 0.29) is 12.5 Å². The van der Waals surface area contributed by atoms with Crippen molar-refractivity contribution in [1.29, 1.82) is 0 Å². The summed E-state index contributed by atoms with van der Waals surface area (Å²) < 4.78 is 11.4. The van der Waals surface area contributed by atoms with Crippen LogP contribution in [0, 0.1) is 13.8 Å². The number of pyridine rings is 1. The zero-order valence-corrected chi connectivity index (χ0v) is 15.7. The lowest BCUT2D eigenvalue weighted by atomic mass is 10.1. The molecular weight excluding hydrogens is 340 g/mol. The second-order valence-electron chi connectivity index (χ2n) is 6.44. The maximum Gasteiger partial charge on any atom is 0.257 e. The first-order valence-electron chi connectivity index (χ1n) is 9.07. The molecule has 0 aliphatic carbocycles. The molecule has 1 aromatic heterocycles. The van der Waals surface area contributed by atoms with Gasteiger partial charge < -0.3 is 14.8 Å². The maximum absolute atomic E-state index is 11.9. The molecule has 0 fully saturated rings. The normalized spacial score (nSPS) is 10.6. The van der Waals surface area contributed by atoms with Crippen LogP contribution in [0.15, 0.2) is 54.7 Å². The number of rotatable bonds is 8. The van der Waals surface area contributed by atoms with Crippen molar-refractivity contribution in [1.82, 2.24) is 10.3 Å². The van der Waals surface area contributed by atoms with Gasteiger partial charge in [0.25, 0.3) is 5.91 Å². The van der Waals surface area contributed by atoms with Crippen molar-refractivity contribution in [2.75, 3.05) is 19.8 Å². The number of carbonyl (C=O) groups is 1. The molecule has 140 valence electrons. The summed E-state index contributed by atoms with van der Waals surface area (Å²) in [5, 5.41) is 3.90. The Labute approximate surface area is 159 Å². The number of hydrogen-bond donors (Lipinski definition) is 1. The standard InChI is InChI=1S/C22H24N2O3/c1-16-9-10-19(17(2)14-16)27-15-21(25)23-12-5-13-26-20-8-3-6-18-7-4-11-24-22(18)20/h3-4,6-11,14H,5,12-13,15H2,1-2H3,(H,23,25). The molecular formula is C22H24N2O3. The first kappa shape index (κ1) is 18.7. The van der Waals surface area contributed by atoms with E-state index in [1.54, 1.807) is 6.20 Å². The molecule has 0 unspecified atom stereocenters. The number of carbonyl (C=O) groups excluding carboxylic acids is 1. The summed E-state index contributed by atoms with van der Waals surface area (Å²) in [6.45, 7) is 5.05. The minimum atomic E-state index is -0.137. The summed E-state index contributed by atoms with van der Waals surface area (Å²) in [6, 6.07) is 15.7. The molecule has 0 spiro atoms. The third-order valence-electron chi connectivity index (χ3n) is 4.19. The number of benzene rings is 2. The van der Waals surface area contributed by atoms with Crippen LogP contribution < -0.4 is 14.8 Å². The van der Waals surface area contributed by atoms with E-state index in [1.807, 2.05) is 62.4 Å². The van der Waals surface area contributed by atoms with Gasteiger partial charge in [0, 0.05) is 18.1 Å². The molecule has 5 nitrogen and oxygen atoms in total. The van der Waals surface area contributed by atoms with E-state index in [9.17, 15) is 4.79 Å². The zero-order chi connectivity index (χ0) is 19.1. The SMILES string of the molecule is Cc1ccc(OCC(=O)NCCCOc2cccc3cccnc23)c(C)c1. The number of nitrogens with zero attached hydrogens (tertiary/aromatic N) is 1. The van der Waals surface area contributed by atoms with Gasteiger partial charge in [0.05, 0.1) is 6.61 Å². The summed E-state index contributed by atoms with van der Waals surface area (Å²) in [4.78, 5) is 16.3. The molecule has 0 atom stereocenters. The molecule has 0 saturated heterocycles. The summed E-state index contributed by atoms with van der Waals surface area (Å²) in [5.41, 5.74) is 3.05. The second-order valence-corrected chi connectivity index (χ2v) is 6.44. The van der Waals surface area contributed by atoms with E-state index in [4.69, 9.17) is 9.47 Å². The van der Waals surface area contributed by atoms with Crippen LogP contribution in [0.3, 0.4) is 0 Å². The Morgan fingerprint density at radius 2 is 1.89 bits per heavy atom. The van der Waals surface area contributed by atoms with Crippen LogP contribution >= 0.6 is 0 Å². The minimum absolute atomic E-state index is 0.0119. The lowest BCUT2D eigenvalue weighted by Gasteiger charge is -2.11. The smallest absolute Gasteiger partial charge is 0.257 e. The van der Waals surface area contributed by atoms with Gasteiger partial charge in [-0.15, -0.1) is 0 Å². The Morgan fingerprint density at radius 3 is 2.74 bits per heavy atom. The molecule has 3 rings (SSSR count). The molecule has 2 aromatic carbocycles. The fourth-order valence-corrected chi connectivity index (χ4v) is 2.83. The van der Waals surface area contributed by atoms with E-state index in [0.29, 0.717) is 19.6 Å². The van der Waals surface area contributed by atoms with Crippen LogP contribution in [0.25, 0.3) is 10.9 Å². The summed E-state index contributed by atoms with van der Waals surface area (Å²) in [5.74, 6) is 1.36. The first-order chi connectivity index (χ1) is 13.1. The predicted octanol–water partition coefficient (Wildman–Crippen LogP) is 3.82. The molecule has 0 aliphatic heterocycles. The van der Waals surface area contributed by atoms with Crippen LogP contribution in [0.2, 0.25) is 0 Å². The number of amides is 1. The van der Waals surface area contributed by atoms with Crippen molar-refractivity contribution in [3.05, 3.63) is 65.9 Å². The first-order valence-corrected chi connectivity index (χ1v) is 9.07. The largest absolute Gasteiger partial charge is 0.491 e. The average Bonchev–Trinajstić information content (AvgIpc) is 2.67. The summed E-state index contributed by atoms with van der Waals surface area (Å²) >= 11 is 0. The van der Waals surface area contributed by atoms with Crippen LogP contribution in [0.5, 0.6) is 11.5 Å².